The first-order chi connectivity index (χ1) is 10.7. The first kappa shape index (κ1) is 15.1. The molecule has 1 heterocycles. The number of carbonyl (C=O) groups is 3. The summed E-state index contributed by atoms with van der Waals surface area (Å²) in [5, 5.41) is 2.90. The van der Waals surface area contributed by atoms with E-state index >= 15 is 0 Å². The molecule has 0 aromatic heterocycles. The number of benzene rings is 1. The lowest BCUT2D eigenvalue weighted by atomic mass is 10.1. The average molecular weight is 318 g/mol. The summed E-state index contributed by atoms with van der Waals surface area (Å²) >= 11 is 1.44. The topological polar surface area (TPSA) is 66.5 Å². The maximum absolute atomic E-state index is 12.1. The number of imide groups is 1. The monoisotopic (exact) mass is 318 g/mol. The molecular weight excluding hydrogens is 300 g/mol. The largest absolute Gasteiger partial charge is 0.355 e. The van der Waals surface area contributed by atoms with Gasteiger partial charge >= 0.3 is 0 Å². The Balaban J connectivity index is 1.41. The number of hydrogen-bond acceptors (Lipinski definition) is 4. The van der Waals surface area contributed by atoms with Gasteiger partial charge < -0.3 is 5.32 Å². The molecule has 1 N–H and O–H groups in total. The molecule has 1 aliphatic heterocycles. The maximum atomic E-state index is 12.1. The molecular formula is C16H18N2O3S. The Hall–Kier alpha value is -1.82. The lowest BCUT2D eigenvalue weighted by Crippen LogP contribution is -2.32. The number of nitrogens with zero attached hydrogens (tertiary/aromatic N) is 1. The molecule has 1 aromatic carbocycles. The Morgan fingerprint density at radius 3 is 2.41 bits per heavy atom. The van der Waals surface area contributed by atoms with E-state index in [0.29, 0.717) is 35.1 Å². The number of amides is 3. The van der Waals surface area contributed by atoms with Gasteiger partial charge in [-0.05, 0) is 30.9 Å². The van der Waals surface area contributed by atoms with E-state index in [9.17, 15) is 14.4 Å². The van der Waals surface area contributed by atoms with Crippen molar-refractivity contribution in [2.45, 2.75) is 12.8 Å². The second kappa shape index (κ2) is 6.52. The molecule has 0 radical (unpaired) electrons. The molecule has 5 nitrogen and oxygen atoms in total. The summed E-state index contributed by atoms with van der Waals surface area (Å²) in [5.41, 5.74) is 0.944. The van der Waals surface area contributed by atoms with Crippen LogP contribution in [-0.2, 0) is 4.79 Å². The Morgan fingerprint density at radius 1 is 1.18 bits per heavy atom. The van der Waals surface area contributed by atoms with Crippen LogP contribution in [-0.4, -0.2) is 47.2 Å². The number of hydrogen-bond donors (Lipinski definition) is 1. The summed E-state index contributed by atoms with van der Waals surface area (Å²) in [4.78, 5) is 37.1. The lowest BCUT2D eigenvalue weighted by molar-refractivity contribution is -0.118. The maximum Gasteiger partial charge on any atom is 0.261 e. The van der Waals surface area contributed by atoms with Crippen molar-refractivity contribution >= 4 is 29.5 Å². The lowest BCUT2D eigenvalue weighted by Gasteiger charge is -2.13. The van der Waals surface area contributed by atoms with Crippen LogP contribution in [0.15, 0.2) is 24.3 Å². The predicted octanol–water partition coefficient (Wildman–Crippen LogP) is 1.54. The van der Waals surface area contributed by atoms with Crippen molar-refractivity contribution in [3.05, 3.63) is 35.4 Å². The normalized spacial score (nSPS) is 16.8. The van der Waals surface area contributed by atoms with Gasteiger partial charge in [-0.25, -0.2) is 0 Å². The van der Waals surface area contributed by atoms with Crippen LogP contribution in [0.2, 0.25) is 0 Å². The fourth-order valence-electron chi connectivity index (χ4n) is 2.39. The average Bonchev–Trinajstić information content (AvgIpc) is 3.32. The molecule has 2 aliphatic rings. The second-order valence-electron chi connectivity index (χ2n) is 5.61. The Morgan fingerprint density at radius 2 is 1.82 bits per heavy atom. The second-order valence-corrected chi connectivity index (χ2v) is 6.71. The minimum atomic E-state index is -0.237. The standard InChI is InChI=1S/C16H18N2O3S/c19-14(17-9-11-5-6-11)10-22-8-7-18-15(20)12-3-1-2-4-13(12)16(18)21/h1-4,11H,5-10H2,(H,17,19). The fourth-order valence-corrected chi connectivity index (χ4v) is 3.14. The van der Waals surface area contributed by atoms with Gasteiger partial charge in [-0.2, -0.15) is 11.8 Å². The van der Waals surface area contributed by atoms with Crippen molar-refractivity contribution in [1.29, 1.82) is 0 Å². The van der Waals surface area contributed by atoms with Crippen LogP contribution in [0, 0.1) is 5.92 Å². The van der Waals surface area contributed by atoms with Crippen LogP contribution in [0.5, 0.6) is 0 Å². The molecule has 6 heteroatoms. The number of rotatable bonds is 7. The highest BCUT2D eigenvalue weighted by molar-refractivity contribution is 7.99. The van der Waals surface area contributed by atoms with Crippen molar-refractivity contribution in [2.24, 2.45) is 5.92 Å². The first-order valence-electron chi connectivity index (χ1n) is 7.46. The Labute approximate surface area is 133 Å². The van der Waals surface area contributed by atoms with Crippen molar-refractivity contribution < 1.29 is 14.4 Å². The zero-order valence-corrected chi connectivity index (χ0v) is 13.0. The summed E-state index contributed by atoms with van der Waals surface area (Å²) in [6, 6.07) is 6.86. The molecule has 116 valence electrons. The van der Waals surface area contributed by atoms with Crippen molar-refractivity contribution in [2.75, 3.05) is 24.6 Å². The molecule has 0 spiro atoms. The predicted molar refractivity (Wildman–Crippen MR) is 84.9 cm³/mol. The SMILES string of the molecule is O=C(CSCCN1C(=O)c2ccccc2C1=O)NCC1CC1. The van der Waals surface area contributed by atoms with Crippen LogP contribution >= 0.6 is 11.8 Å². The summed E-state index contributed by atoms with van der Waals surface area (Å²) in [7, 11) is 0. The van der Waals surface area contributed by atoms with E-state index in [-0.39, 0.29) is 17.7 Å². The van der Waals surface area contributed by atoms with Gasteiger partial charge in [-0.3, -0.25) is 19.3 Å². The van der Waals surface area contributed by atoms with Crippen LogP contribution in [0.3, 0.4) is 0 Å². The van der Waals surface area contributed by atoms with Gasteiger partial charge in [0.2, 0.25) is 5.91 Å². The molecule has 0 saturated heterocycles. The third-order valence-corrected chi connectivity index (χ3v) is 4.79. The van der Waals surface area contributed by atoms with E-state index in [1.807, 2.05) is 0 Å². The van der Waals surface area contributed by atoms with Crippen molar-refractivity contribution in [3.63, 3.8) is 0 Å². The molecule has 0 unspecified atom stereocenters. The summed E-state index contributed by atoms with van der Waals surface area (Å²) < 4.78 is 0. The van der Waals surface area contributed by atoms with Crippen LogP contribution in [0.1, 0.15) is 33.6 Å². The minimum Gasteiger partial charge on any atom is -0.355 e. The zero-order chi connectivity index (χ0) is 15.5. The molecule has 0 atom stereocenters. The van der Waals surface area contributed by atoms with E-state index < -0.39 is 0 Å². The molecule has 1 saturated carbocycles. The van der Waals surface area contributed by atoms with Gasteiger partial charge in [-0.1, -0.05) is 12.1 Å². The fraction of sp³-hybridized carbons (Fsp3) is 0.438. The summed E-state index contributed by atoms with van der Waals surface area (Å²) in [6.45, 7) is 1.12. The Bertz CT molecular complexity index is 578. The number of thioether (sulfide) groups is 1. The quantitative estimate of drug-likeness (QED) is 0.612. The summed E-state index contributed by atoms with van der Waals surface area (Å²) in [5.74, 6) is 1.17. The van der Waals surface area contributed by atoms with Gasteiger partial charge in [-0.15, -0.1) is 0 Å². The highest BCUT2D eigenvalue weighted by Crippen LogP contribution is 2.27. The van der Waals surface area contributed by atoms with Gasteiger partial charge in [0.1, 0.15) is 0 Å². The van der Waals surface area contributed by atoms with Crippen LogP contribution in [0.25, 0.3) is 0 Å². The van der Waals surface area contributed by atoms with Gasteiger partial charge in [0.25, 0.3) is 11.8 Å². The molecule has 3 rings (SSSR count). The van der Waals surface area contributed by atoms with E-state index in [1.54, 1.807) is 24.3 Å². The summed E-state index contributed by atoms with van der Waals surface area (Å²) in [6.07, 6.45) is 2.43. The smallest absolute Gasteiger partial charge is 0.261 e. The third kappa shape index (κ3) is 3.32. The molecule has 22 heavy (non-hydrogen) atoms. The highest BCUT2D eigenvalue weighted by atomic mass is 32.2. The van der Waals surface area contributed by atoms with Crippen molar-refractivity contribution in [1.82, 2.24) is 10.2 Å². The zero-order valence-electron chi connectivity index (χ0n) is 12.2. The highest BCUT2D eigenvalue weighted by Gasteiger charge is 2.34. The Kier molecular flexibility index (Phi) is 4.47. The van der Waals surface area contributed by atoms with Crippen molar-refractivity contribution in [3.8, 4) is 0 Å². The van der Waals surface area contributed by atoms with E-state index in [2.05, 4.69) is 5.32 Å². The molecule has 1 fully saturated rings. The van der Waals surface area contributed by atoms with Gasteiger partial charge in [0, 0.05) is 18.8 Å². The number of nitrogens with one attached hydrogen (secondary N) is 1. The molecule has 3 amide bonds. The molecule has 1 aromatic rings. The first-order valence-corrected chi connectivity index (χ1v) is 8.62. The van der Waals surface area contributed by atoms with Crippen LogP contribution < -0.4 is 5.32 Å². The van der Waals surface area contributed by atoms with E-state index in [4.69, 9.17) is 0 Å². The third-order valence-electron chi connectivity index (χ3n) is 3.86. The number of carbonyl (C=O) groups excluding carboxylic acids is 3. The number of fused-ring (bicyclic) bond motifs is 1. The molecule has 0 bridgehead atoms. The van der Waals surface area contributed by atoms with Crippen LogP contribution in [0.4, 0.5) is 0 Å². The van der Waals surface area contributed by atoms with E-state index in [0.717, 1.165) is 6.54 Å². The molecule has 1 aliphatic carbocycles. The van der Waals surface area contributed by atoms with Gasteiger partial charge in [0.05, 0.1) is 16.9 Å². The van der Waals surface area contributed by atoms with Gasteiger partial charge in [0.15, 0.2) is 0 Å². The van der Waals surface area contributed by atoms with E-state index in [1.165, 1.54) is 29.5 Å². The minimum absolute atomic E-state index is 0.0271.